The van der Waals surface area contributed by atoms with Gasteiger partial charge in [0, 0.05) is 42.6 Å². The molecule has 3 aromatic rings. The monoisotopic (exact) mass is 401 g/mol. The molecule has 154 valence electrons. The smallest absolute Gasteiger partial charge is 0.257 e. The topological polar surface area (TPSA) is 70.2 Å². The number of benzene rings is 1. The molecule has 2 atom stereocenters. The molecule has 6 heteroatoms. The van der Waals surface area contributed by atoms with Crippen molar-refractivity contribution in [3.05, 3.63) is 72.1 Å². The predicted octanol–water partition coefficient (Wildman–Crippen LogP) is 3.89. The lowest BCUT2D eigenvalue weighted by Crippen LogP contribution is -2.54. The van der Waals surface area contributed by atoms with E-state index in [1.54, 1.807) is 6.20 Å². The number of amides is 1. The molecule has 4 rings (SSSR count). The van der Waals surface area contributed by atoms with E-state index in [0.29, 0.717) is 17.6 Å². The third-order valence-electron chi connectivity index (χ3n) is 5.28. The Morgan fingerprint density at radius 2 is 1.87 bits per heavy atom. The van der Waals surface area contributed by atoms with Crippen LogP contribution in [0.4, 0.5) is 11.5 Å². The van der Waals surface area contributed by atoms with Gasteiger partial charge in [-0.15, -0.1) is 0 Å². The van der Waals surface area contributed by atoms with Gasteiger partial charge >= 0.3 is 0 Å². The minimum Gasteiger partial charge on any atom is -0.354 e. The summed E-state index contributed by atoms with van der Waals surface area (Å²) in [6.07, 6.45) is 1.76. The van der Waals surface area contributed by atoms with Crippen LogP contribution in [0.25, 0.3) is 11.3 Å². The van der Waals surface area contributed by atoms with Crippen LogP contribution in [0.15, 0.2) is 60.8 Å². The number of hydrogen-bond donors (Lipinski definition) is 2. The van der Waals surface area contributed by atoms with Gasteiger partial charge < -0.3 is 15.5 Å². The Bertz CT molecular complexity index is 1030. The molecule has 3 heterocycles. The van der Waals surface area contributed by atoms with Gasteiger partial charge in [-0.3, -0.25) is 9.78 Å². The molecular formula is C24H27N5O. The quantitative estimate of drug-likeness (QED) is 0.694. The molecule has 2 N–H and O–H groups in total. The van der Waals surface area contributed by atoms with Crippen LogP contribution in [-0.2, 0) is 0 Å². The average Bonchev–Trinajstić information content (AvgIpc) is 2.73. The molecule has 1 aromatic carbocycles. The van der Waals surface area contributed by atoms with Gasteiger partial charge in [0.15, 0.2) is 0 Å². The lowest BCUT2D eigenvalue weighted by molar-refractivity contribution is 0.102. The third kappa shape index (κ3) is 4.49. The van der Waals surface area contributed by atoms with Gasteiger partial charge in [0.1, 0.15) is 5.82 Å². The van der Waals surface area contributed by atoms with E-state index in [1.807, 2.05) is 61.5 Å². The zero-order chi connectivity index (χ0) is 21.1. The summed E-state index contributed by atoms with van der Waals surface area (Å²) in [5.41, 5.74) is 3.87. The molecular weight excluding hydrogens is 374 g/mol. The number of rotatable bonds is 4. The fourth-order valence-corrected chi connectivity index (χ4v) is 3.97. The number of carbonyl (C=O) groups is 1. The number of nitrogens with one attached hydrogen (secondary N) is 2. The number of nitrogens with zero attached hydrogens (tertiary/aromatic N) is 3. The first kappa shape index (κ1) is 20.0. The molecule has 0 spiro atoms. The first-order chi connectivity index (χ1) is 14.5. The van der Waals surface area contributed by atoms with Crippen molar-refractivity contribution in [1.82, 2.24) is 15.3 Å². The molecule has 1 fully saturated rings. The Kier molecular flexibility index (Phi) is 5.77. The molecule has 1 saturated heterocycles. The molecule has 1 amide bonds. The number of pyridine rings is 2. The lowest BCUT2D eigenvalue weighted by atomic mass is 10.1. The van der Waals surface area contributed by atoms with Gasteiger partial charge in [0.2, 0.25) is 0 Å². The largest absolute Gasteiger partial charge is 0.354 e. The summed E-state index contributed by atoms with van der Waals surface area (Å²) in [4.78, 5) is 24.3. The maximum Gasteiger partial charge on any atom is 0.257 e. The van der Waals surface area contributed by atoms with Crippen LogP contribution in [0.2, 0.25) is 0 Å². The van der Waals surface area contributed by atoms with E-state index in [4.69, 9.17) is 4.98 Å². The zero-order valence-electron chi connectivity index (χ0n) is 17.6. The molecule has 2 aromatic heterocycles. The molecule has 0 radical (unpaired) electrons. The number of hydrogen-bond acceptors (Lipinski definition) is 5. The van der Waals surface area contributed by atoms with Crippen LogP contribution in [0.5, 0.6) is 0 Å². The fourth-order valence-electron chi connectivity index (χ4n) is 3.97. The Morgan fingerprint density at radius 3 is 2.57 bits per heavy atom. The normalized spacial score (nSPS) is 18.8. The van der Waals surface area contributed by atoms with E-state index < -0.39 is 0 Å². The van der Waals surface area contributed by atoms with Gasteiger partial charge in [0.25, 0.3) is 5.91 Å². The summed E-state index contributed by atoms with van der Waals surface area (Å²) in [6, 6.07) is 18.1. The van der Waals surface area contributed by atoms with Crippen molar-refractivity contribution in [3.63, 3.8) is 0 Å². The minimum atomic E-state index is -0.160. The van der Waals surface area contributed by atoms with Gasteiger partial charge in [0.05, 0.1) is 17.0 Å². The van der Waals surface area contributed by atoms with Crippen molar-refractivity contribution < 1.29 is 4.79 Å². The second kappa shape index (κ2) is 8.63. The highest BCUT2D eigenvalue weighted by Gasteiger charge is 2.22. The standard InChI is InChI=1S/C24H27N5O/c1-16-14-29(15-17(2)26-16)23-11-10-21(18(3)27-23)24(30)28-20-8-6-7-19(13-20)22-9-4-5-12-25-22/h4-13,16-17,26H,14-15H2,1-3H3,(H,28,30). The summed E-state index contributed by atoms with van der Waals surface area (Å²) in [7, 11) is 0. The van der Waals surface area contributed by atoms with Crippen LogP contribution in [0.3, 0.4) is 0 Å². The lowest BCUT2D eigenvalue weighted by Gasteiger charge is -2.37. The van der Waals surface area contributed by atoms with Crippen LogP contribution < -0.4 is 15.5 Å². The number of aryl methyl sites for hydroxylation is 1. The molecule has 30 heavy (non-hydrogen) atoms. The van der Waals surface area contributed by atoms with E-state index in [-0.39, 0.29) is 5.91 Å². The summed E-state index contributed by atoms with van der Waals surface area (Å²) >= 11 is 0. The number of carbonyl (C=O) groups excluding carboxylic acids is 1. The minimum absolute atomic E-state index is 0.160. The van der Waals surface area contributed by atoms with Crippen molar-refractivity contribution in [2.45, 2.75) is 32.9 Å². The van der Waals surface area contributed by atoms with Crippen molar-refractivity contribution in [1.29, 1.82) is 0 Å². The maximum absolute atomic E-state index is 12.9. The van der Waals surface area contributed by atoms with Gasteiger partial charge in [-0.25, -0.2) is 4.98 Å². The third-order valence-corrected chi connectivity index (χ3v) is 5.28. The highest BCUT2D eigenvalue weighted by Crippen LogP contribution is 2.22. The molecule has 1 aliphatic heterocycles. The van der Waals surface area contributed by atoms with E-state index in [9.17, 15) is 4.79 Å². The van der Waals surface area contributed by atoms with Crippen molar-refractivity contribution in [2.75, 3.05) is 23.3 Å². The van der Waals surface area contributed by atoms with Crippen LogP contribution in [0, 0.1) is 6.92 Å². The number of aromatic nitrogens is 2. The maximum atomic E-state index is 12.9. The molecule has 1 aliphatic rings. The molecule has 0 saturated carbocycles. The first-order valence-electron chi connectivity index (χ1n) is 10.3. The highest BCUT2D eigenvalue weighted by molar-refractivity contribution is 6.05. The van der Waals surface area contributed by atoms with Gasteiger partial charge in [-0.1, -0.05) is 18.2 Å². The molecule has 0 bridgehead atoms. The Hall–Kier alpha value is -3.25. The fraction of sp³-hybridized carbons (Fsp3) is 0.292. The van der Waals surface area contributed by atoms with Crippen LogP contribution >= 0.6 is 0 Å². The Morgan fingerprint density at radius 1 is 1.07 bits per heavy atom. The first-order valence-corrected chi connectivity index (χ1v) is 10.3. The van der Waals surface area contributed by atoms with Crippen molar-refractivity contribution >= 4 is 17.4 Å². The van der Waals surface area contributed by atoms with Gasteiger partial charge in [-0.2, -0.15) is 0 Å². The molecule has 0 aliphatic carbocycles. The number of piperazine rings is 1. The summed E-state index contributed by atoms with van der Waals surface area (Å²) < 4.78 is 0. The van der Waals surface area contributed by atoms with Crippen molar-refractivity contribution in [2.24, 2.45) is 0 Å². The van der Waals surface area contributed by atoms with Crippen LogP contribution in [-0.4, -0.2) is 41.0 Å². The summed E-state index contributed by atoms with van der Waals surface area (Å²) in [6.45, 7) is 8.05. The van der Waals surface area contributed by atoms with E-state index in [1.165, 1.54) is 0 Å². The van der Waals surface area contributed by atoms with E-state index in [2.05, 4.69) is 34.4 Å². The zero-order valence-corrected chi connectivity index (χ0v) is 17.6. The highest BCUT2D eigenvalue weighted by atomic mass is 16.1. The number of anilines is 2. The van der Waals surface area contributed by atoms with E-state index in [0.717, 1.165) is 41.5 Å². The van der Waals surface area contributed by atoms with E-state index >= 15 is 0 Å². The van der Waals surface area contributed by atoms with Crippen LogP contribution in [0.1, 0.15) is 29.9 Å². The Labute approximate surface area is 177 Å². The summed E-state index contributed by atoms with van der Waals surface area (Å²) in [5, 5.41) is 6.52. The molecule has 6 nitrogen and oxygen atoms in total. The second-order valence-electron chi connectivity index (χ2n) is 7.93. The Balaban J connectivity index is 1.50. The SMILES string of the molecule is Cc1nc(N2CC(C)NC(C)C2)ccc1C(=O)Nc1cccc(-c2ccccn2)c1. The van der Waals surface area contributed by atoms with Crippen molar-refractivity contribution in [3.8, 4) is 11.3 Å². The van der Waals surface area contributed by atoms with Gasteiger partial charge in [-0.05, 0) is 57.2 Å². The predicted molar refractivity (Wildman–Crippen MR) is 121 cm³/mol. The average molecular weight is 402 g/mol. The summed E-state index contributed by atoms with van der Waals surface area (Å²) in [5.74, 6) is 0.758. The molecule has 2 unspecified atom stereocenters. The second-order valence-corrected chi connectivity index (χ2v) is 7.93.